The molecule has 0 fully saturated rings. The van der Waals surface area contributed by atoms with Crippen LogP contribution in [0.15, 0.2) is 24.3 Å². The van der Waals surface area contributed by atoms with Crippen LogP contribution in [0.1, 0.15) is 25.0 Å². The molecule has 0 radical (unpaired) electrons. The summed E-state index contributed by atoms with van der Waals surface area (Å²) in [5.74, 6) is 0.00646. The Labute approximate surface area is 102 Å². The highest BCUT2D eigenvalue weighted by Gasteiger charge is 2.02. The normalized spacial score (nSPS) is 10.6. The second-order valence-electron chi connectivity index (χ2n) is 4.30. The summed E-state index contributed by atoms with van der Waals surface area (Å²) in [6.07, 6.45) is 0. The zero-order chi connectivity index (χ0) is 12.7. The van der Waals surface area contributed by atoms with E-state index in [1.165, 1.54) is 0 Å². The Morgan fingerprint density at radius 2 is 1.82 bits per heavy atom. The molecule has 0 spiro atoms. The van der Waals surface area contributed by atoms with Crippen LogP contribution < -0.4 is 10.6 Å². The molecule has 0 aliphatic carbocycles. The Balaban J connectivity index is 2.28. The molecule has 1 aromatic carbocycles. The first kappa shape index (κ1) is 13.7. The first-order chi connectivity index (χ1) is 8.11. The van der Waals surface area contributed by atoms with Crippen molar-refractivity contribution < 1.29 is 9.90 Å². The molecule has 0 aromatic heterocycles. The number of hydrogen-bond acceptors (Lipinski definition) is 3. The van der Waals surface area contributed by atoms with Crippen molar-refractivity contribution >= 4 is 5.91 Å². The molecular formula is C13H20N2O2. The summed E-state index contributed by atoms with van der Waals surface area (Å²) in [5.41, 5.74) is 1.99. The highest BCUT2D eigenvalue weighted by Crippen LogP contribution is 2.03. The van der Waals surface area contributed by atoms with Crippen LogP contribution >= 0.6 is 0 Å². The van der Waals surface area contributed by atoms with Crippen LogP contribution in [0.25, 0.3) is 0 Å². The number of nitrogens with one attached hydrogen (secondary N) is 2. The quantitative estimate of drug-likeness (QED) is 0.684. The molecule has 4 nitrogen and oxygen atoms in total. The van der Waals surface area contributed by atoms with Crippen molar-refractivity contribution in [1.29, 1.82) is 0 Å². The van der Waals surface area contributed by atoms with Crippen molar-refractivity contribution in [3.8, 4) is 0 Å². The van der Waals surface area contributed by atoms with Gasteiger partial charge in [-0.05, 0) is 25.0 Å². The van der Waals surface area contributed by atoms with Crippen LogP contribution in [-0.2, 0) is 17.9 Å². The zero-order valence-corrected chi connectivity index (χ0v) is 10.4. The fourth-order valence-electron chi connectivity index (χ4n) is 1.46. The van der Waals surface area contributed by atoms with Gasteiger partial charge in [0.25, 0.3) is 0 Å². The summed E-state index contributed by atoms with van der Waals surface area (Å²) >= 11 is 0. The molecule has 1 amide bonds. The van der Waals surface area contributed by atoms with E-state index in [-0.39, 0.29) is 18.6 Å². The molecule has 1 rings (SSSR count). The number of amides is 1. The summed E-state index contributed by atoms with van der Waals surface area (Å²) in [6, 6.07) is 7.82. The molecule has 94 valence electrons. The van der Waals surface area contributed by atoms with Crippen molar-refractivity contribution in [3.63, 3.8) is 0 Å². The van der Waals surface area contributed by atoms with Gasteiger partial charge in [0.05, 0.1) is 13.2 Å². The van der Waals surface area contributed by atoms with Gasteiger partial charge in [-0.15, -0.1) is 0 Å². The maximum atomic E-state index is 11.3. The SMILES string of the molecule is CC(C)NC(=O)CNCc1ccc(CO)cc1. The molecule has 0 aliphatic rings. The molecule has 3 N–H and O–H groups in total. The highest BCUT2D eigenvalue weighted by atomic mass is 16.3. The molecule has 0 saturated carbocycles. The highest BCUT2D eigenvalue weighted by molar-refractivity contribution is 5.78. The Hall–Kier alpha value is -1.39. The average Bonchev–Trinajstić information content (AvgIpc) is 2.29. The van der Waals surface area contributed by atoms with E-state index < -0.39 is 0 Å². The van der Waals surface area contributed by atoms with Crippen molar-refractivity contribution in [1.82, 2.24) is 10.6 Å². The lowest BCUT2D eigenvalue weighted by Crippen LogP contribution is -2.37. The molecule has 0 bridgehead atoms. The van der Waals surface area contributed by atoms with E-state index in [1.54, 1.807) is 0 Å². The first-order valence-corrected chi connectivity index (χ1v) is 5.80. The van der Waals surface area contributed by atoms with Gasteiger partial charge in [-0.1, -0.05) is 24.3 Å². The van der Waals surface area contributed by atoms with Crippen molar-refractivity contribution in [2.45, 2.75) is 33.0 Å². The lowest BCUT2D eigenvalue weighted by atomic mass is 10.1. The Kier molecular flexibility index (Phi) is 5.66. The molecule has 0 heterocycles. The monoisotopic (exact) mass is 236 g/mol. The predicted octanol–water partition coefficient (Wildman–Crippen LogP) is 0.793. The van der Waals surface area contributed by atoms with Gasteiger partial charge in [-0.2, -0.15) is 0 Å². The number of carbonyl (C=O) groups is 1. The fraction of sp³-hybridized carbons (Fsp3) is 0.462. The van der Waals surface area contributed by atoms with E-state index in [0.29, 0.717) is 13.1 Å². The van der Waals surface area contributed by atoms with Gasteiger partial charge in [-0.25, -0.2) is 0 Å². The summed E-state index contributed by atoms with van der Waals surface area (Å²) in [5, 5.41) is 14.8. The number of carbonyl (C=O) groups excluding carboxylic acids is 1. The van der Waals surface area contributed by atoms with E-state index in [9.17, 15) is 4.79 Å². The van der Waals surface area contributed by atoms with Crippen molar-refractivity contribution in [2.75, 3.05) is 6.54 Å². The molecule has 0 aliphatic heterocycles. The van der Waals surface area contributed by atoms with E-state index in [0.717, 1.165) is 11.1 Å². The molecule has 1 aromatic rings. The minimum Gasteiger partial charge on any atom is -0.392 e. The third kappa shape index (κ3) is 5.47. The van der Waals surface area contributed by atoms with Crippen molar-refractivity contribution in [2.24, 2.45) is 0 Å². The van der Waals surface area contributed by atoms with Gasteiger partial charge in [0.15, 0.2) is 0 Å². The third-order valence-electron chi connectivity index (χ3n) is 2.27. The minimum absolute atomic E-state index is 0.00646. The summed E-state index contributed by atoms with van der Waals surface area (Å²) in [6.45, 7) is 4.90. The Morgan fingerprint density at radius 1 is 1.24 bits per heavy atom. The lowest BCUT2D eigenvalue weighted by molar-refractivity contribution is -0.120. The second-order valence-corrected chi connectivity index (χ2v) is 4.30. The van der Waals surface area contributed by atoms with Gasteiger partial charge < -0.3 is 15.7 Å². The topological polar surface area (TPSA) is 61.4 Å². The van der Waals surface area contributed by atoms with Crippen LogP contribution in [0.3, 0.4) is 0 Å². The van der Waals surface area contributed by atoms with E-state index in [1.807, 2.05) is 38.1 Å². The van der Waals surface area contributed by atoms with Gasteiger partial charge in [0.1, 0.15) is 0 Å². The van der Waals surface area contributed by atoms with Crippen molar-refractivity contribution in [3.05, 3.63) is 35.4 Å². The predicted molar refractivity (Wildman–Crippen MR) is 67.4 cm³/mol. The first-order valence-electron chi connectivity index (χ1n) is 5.80. The van der Waals surface area contributed by atoms with Gasteiger partial charge in [0, 0.05) is 12.6 Å². The molecule has 0 atom stereocenters. The Morgan fingerprint density at radius 3 is 2.35 bits per heavy atom. The van der Waals surface area contributed by atoms with Crippen LogP contribution in [0.5, 0.6) is 0 Å². The summed E-state index contributed by atoms with van der Waals surface area (Å²) in [4.78, 5) is 11.3. The van der Waals surface area contributed by atoms with Gasteiger partial charge in [0.2, 0.25) is 5.91 Å². The standard InChI is InChI=1S/C13H20N2O2/c1-10(2)15-13(17)8-14-7-11-3-5-12(9-16)6-4-11/h3-6,10,14,16H,7-9H2,1-2H3,(H,15,17). The lowest BCUT2D eigenvalue weighted by Gasteiger charge is -2.09. The van der Waals surface area contributed by atoms with Gasteiger partial charge in [-0.3, -0.25) is 4.79 Å². The zero-order valence-electron chi connectivity index (χ0n) is 10.4. The smallest absolute Gasteiger partial charge is 0.234 e. The van der Waals surface area contributed by atoms with Crippen LogP contribution in [0, 0.1) is 0 Å². The second kappa shape index (κ2) is 7.04. The van der Waals surface area contributed by atoms with Crippen LogP contribution in [-0.4, -0.2) is 23.6 Å². The van der Waals surface area contributed by atoms with Crippen LogP contribution in [0.2, 0.25) is 0 Å². The maximum Gasteiger partial charge on any atom is 0.234 e. The molecule has 4 heteroatoms. The van der Waals surface area contributed by atoms with Gasteiger partial charge >= 0.3 is 0 Å². The maximum absolute atomic E-state index is 11.3. The van der Waals surface area contributed by atoms with Crippen LogP contribution in [0.4, 0.5) is 0 Å². The number of aliphatic hydroxyl groups excluding tert-OH is 1. The number of benzene rings is 1. The van der Waals surface area contributed by atoms with E-state index in [2.05, 4.69) is 10.6 Å². The Bertz CT molecular complexity index is 347. The molecule has 0 saturated heterocycles. The summed E-state index contributed by atoms with van der Waals surface area (Å²) < 4.78 is 0. The number of rotatable bonds is 6. The number of hydrogen-bond donors (Lipinski definition) is 3. The fourth-order valence-corrected chi connectivity index (χ4v) is 1.46. The molecule has 17 heavy (non-hydrogen) atoms. The summed E-state index contributed by atoms with van der Waals surface area (Å²) in [7, 11) is 0. The van der Waals surface area contributed by atoms with E-state index in [4.69, 9.17) is 5.11 Å². The minimum atomic E-state index is 0.00646. The molecular weight excluding hydrogens is 216 g/mol. The molecule has 0 unspecified atom stereocenters. The number of aliphatic hydroxyl groups is 1. The average molecular weight is 236 g/mol. The third-order valence-corrected chi connectivity index (χ3v) is 2.27. The largest absolute Gasteiger partial charge is 0.392 e. The van der Waals surface area contributed by atoms with E-state index >= 15 is 0 Å².